The van der Waals surface area contributed by atoms with Crippen LogP contribution in [0.4, 0.5) is 0 Å². The summed E-state index contributed by atoms with van der Waals surface area (Å²) in [5.74, 6) is -1.70. The quantitative estimate of drug-likeness (QED) is 0.265. The van der Waals surface area contributed by atoms with Crippen LogP contribution in [0.3, 0.4) is 0 Å². The van der Waals surface area contributed by atoms with E-state index in [0.717, 1.165) is 12.8 Å². The minimum Gasteiger partial charge on any atom is -0.508 e. The van der Waals surface area contributed by atoms with Crippen molar-refractivity contribution in [1.82, 2.24) is 29.7 Å². The van der Waals surface area contributed by atoms with Gasteiger partial charge in [-0.25, -0.2) is 13.4 Å². The van der Waals surface area contributed by atoms with Crippen LogP contribution in [0.1, 0.15) is 94.1 Å². The van der Waals surface area contributed by atoms with Crippen LogP contribution >= 0.6 is 0 Å². The number of benzene rings is 1. The number of amides is 3. The highest BCUT2D eigenvalue weighted by atomic mass is 32.2. The van der Waals surface area contributed by atoms with Crippen LogP contribution in [0.2, 0.25) is 0 Å². The molecule has 0 spiro atoms. The lowest BCUT2D eigenvalue weighted by molar-refractivity contribution is -0.140. The van der Waals surface area contributed by atoms with Gasteiger partial charge in [-0.05, 0) is 83.4 Å². The molecule has 1 saturated heterocycles. The normalized spacial score (nSPS) is 26.5. The number of fused-ring (bicyclic) bond motifs is 3. The predicted molar refractivity (Wildman–Crippen MR) is 205 cm³/mol. The average molecular weight is 791 g/mol. The van der Waals surface area contributed by atoms with E-state index >= 15 is 0 Å². The standard InChI is InChI=1S/C40H50N6O9S/c1-23(2)54-35-19-34(28-14-15-32(47)24(3)36(28)42-35)55-26-18-31-33(48)21-40(39(51)44-56(52,53)27-12-13-27)20-25(40)10-8-6-5-7-9-11-30(38(50)46(31)22-26)41-37(49)29-16-17-45(4)43-29/h8,10,14-17,19,23,25-27,30-31,47H,5-7,9,11-13,18,20-22H2,1-4H3,(H,41,49)(H,44,51)/b10-8-/t25-,26+,30-,31-,40+/m0/s1. The van der Waals surface area contributed by atoms with Gasteiger partial charge in [0.25, 0.3) is 5.91 Å². The van der Waals surface area contributed by atoms with Gasteiger partial charge in [0.1, 0.15) is 29.3 Å². The molecule has 2 saturated carbocycles. The first-order chi connectivity index (χ1) is 26.6. The number of hydrogen-bond donors (Lipinski definition) is 3. The van der Waals surface area contributed by atoms with Crippen LogP contribution in [0.15, 0.2) is 42.6 Å². The fourth-order valence-electron chi connectivity index (χ4n) is 7.90. The van der Waals surface area contributed by atoms with Gasteiger partial charge in [0.2, 0.25) is 27.7 Å². The Morgan fingerprint density at radius 2 is 1.88 bits per heavy atom. The fourth-order valence-corrected chi connectivity index (χ4v) is 9.29. The van der Waals surface area contributed by atoms with Gasteiger partial charge in [0.15, 0.2) is 5.78 Å². The number of rotatable bonds is 9. The smallest absolute Gasteiger partial charge is 0.272 e. The van der Waals surface area contributed by atoms with Crippen LogP contribution in [0.25, 0.3) is 10.9 Å². The second-order valence-electron chi connectivity index (χ2n) is 16.0. The highest BCUT2D eigenvalue weighted by Crippen LogP contribution is 2.57. The molecule has 0 radical (unpaired) electrons. The number of carbonyl (C=O) groups excluding carboxylic acids is 4. The summed E-state index contributed by atoms with van der Waals surface area (Å²) in [6, 6.07) is 4.42. The molecule has 3 amide bonds. The molecule has 0 unspecified atom stereocenters. The van der Waals surface area contributed by atoms with E-state index in [-0.39, 0.29) is 48.7 Å². The minimum absolute atomic E-state index is 0.00889. The average Bonchev–Trinajstić information content (AvgIpc) is 4.03. The van der Waals surface area contributed by atoms with Crippen molar-refractivity contribution in [3.63, 3.8) is 0 Å². The number of sulfonamides is 1. The molecule has 56 heavy (non-hydrogen) atoms. The molecule has 2 aliphatic heterocycles. The molecule has 0 bridgehead atoms. The summed E-state index contributed by atoms with van der Waals surface area (Å²) < 4.78 is 42.1. The Hall–Kier alpha value is -4.99. The lowest BCUT2D eigenvalue weighted by atomic mass is 9.91. The molecule has 7 rings (SSSR count). The van der Waals surface area contributed by atoms with Gasteiger partial charge in [0.05, 0.1) is 34.9 Å². The number of aromatic nitrogens is 3. The number of nitrogens with zero attached hydrogens (tertiary/aromatic N) is 4. The maximum Gasteiger partial charge on any atom is 0.272 e. The Morgan fingerprint density at radius 3 is 2.59 bits per heavy atom. The van der Waals surface area contributed by atoms with E-state index in [1.54, 1.807) is 44.4 Å². The minimum atomic E-state index is -3.87. The van der Waals surface area contributed by atoms with E-state index in [1.165, 1.54) is 9.58 Å². The van der Waals surface area contributed by atoms with Crippen molar-refractivity contribution in [2.45, 2.75) is 115 Å². The largest absolute Gasteiger partial charge is 0.508 e. The Labute approximate surface area is 326 Å². The summed E-state index contributed by atoms with van der Waals surface area (Å²) in [6.07, 6.45) is 8.91. The van der Waals surface area contributed by atoms with E-state index < -0.39 is 62.4 Å². The van der Waals surface area contributed by atoms with E-state index in [2.05, 4.69) is 20.1 Å². The number of aromatic hydroxyl groups is 1. The van der Waals surface area contributed by atoms with Gasteiger partial charge >= 0.3 is 0 Å². The number of aryl methyl sites for hydroxylation is 2. The number of nitrogens with one attached hydrogen (secondary N) is 2. The molecule has 1 aromatic carbocycles. The zero-order chi connectivity index (χ0) is 39.9. The summed E-state index contributed by atoms with van der Waals surface area (Å²) in [4.78, 5) is 62.6. The Kier molecular flexibility index (Phi) is 10.9. The van der Waals surface area contributed by atoms with E-state index in [0.29, 0.717) is 60.7 Å². The molecule has 3 aromatic rings. The predicted octanol–water partition coefficient (Wildman–Crippen LogP) is 4.01. The van der Waals surface area contributed by atoms with Crippen LogP contribution in [-0.2, 0) is 31.5 Å². The molecule has 300 valence electrons. The number of phenolic OH excluding ortho intramolecular Hbond substituents is 1. The molecular weight excluding hydrogens is 741 g/mol. The van der Waals surface area contributed by atoms with Gasteiger partial charge < -0.3 is 24.8 Å². The second kappa shape index (κ2) is 15.5. The SMILES string of the molecule is Cc1c(O)ccc2c(O[C@@H]3C[C@H]4C(=O)C[C@]5(C(=O)NS(=O)(=O)C6CC6)C[C@@H]5/C=C\CCCCC[C@H](NC(=O)c5ccn(C)n5)C(=O)N4C3)cc(OC(C)C)nc12. The summed E-state index contributed by atoms with van der Waals surface area (Å²) in [7, 11) is -2.18. The summed E-state index contributed by atoms with van der Waals surface area (Å²) in [5, 5.41) is 17.5. The first-order valence-electron chi connectivity index (χ1n) is 19.5. The number of allylic oxidation sites excluding steroid dienone is 2. The molecule has 5 atom stereocenters. The van der Waals surface area contributed by atoms with Crippen LogP contribution in [0, 0.1) is 18.3 Å². The number of ether oxygens (including phenoxy) is 2. The maximum absolute atomic E-state index is 14.7. The van der Waals surface area contributed by atoms with Gasteiger partial charge in [-0.2, -0.15) is 5.10 Å². The lowest BCUT2D eigenvalue weighted by Gasteiger charge is -2.29. The number of hydrogen-bond acceptors (Lipinski definition) is 11. The summed E-state index contributed by atoms with van der Waals surface area (Å²) >= 11 is 0. The van der Waals surface area contributed by atoms with Gasteiger partial charge in [0, 0.05) is 43.1 Å². The second-order valence-corrected chi connectivity index (χ2v) is 17.9. The van der Waals surface area contributed by atoms with Crippen molar-refractivity contribution in [3.05, 3.63) is 53.9 Å². The monoisotopic (exact) mass is 790 g/mol. The third-order valence-corrected chi connectivity index (χ3v) is 13.1. The molecule has 4 aliphatic rings. The molecule has 2 aromatic heterocycles. The molecule has 3 fully saturated rings. The van der Waals surface area contributed by atoms with Crippen LogP contribution in [0.5, 0.6) is 17.4 Å². The topological polar surface area (TPSA) is 199 Å². The molecule has 2 aliphatic carbocycles. The van der Waals surface area contributed by atoms with Crippen LogP contribution < -0.4 is 19.5 Å². The van der Waals surface area contributed by atoms with E-state index in [9.17, 15) is 32.7 Å². The van der Waals surface area contributed by atoms with Crippen molar-refractivity contribution in [2.75, 3.05) is 6.54 Å². The number of phenols is 1. The third kappa shape index (κ3) is 8.25. The Morgan fingerprint density at radius 1 is 1.09 bits per heavy atom. The maximum atomic E-state index is 14.7. The van der Waals surface area contributed by atoms with Gasteiger partial charge in [-0.3, -0.25) is 28.6 Å². The van der Waals surface area contributed by atoms with E-state index in [4.69, 9.17) is 9.47 Å². The van der Waals surface area contributed by atoms with Crippen molar-refractivity contribution < 1.29 is 42.2 Å². The summed E-state index contributed by atoms with van der Waals surface area (Å²) in [5.41, 5.74) is -0.133. The molecular formula is C40H50N6O9S. The highest BCUT2D eigenvalue weighted by molar-refractivity contribution is 7.90. The zero-order valence-electron chi connectivity index (χ0n) is 32.2. The van der Waals surface area contributed by atoms with Crippen molar-refractivity contribution in [2.24, 2.45) is 18.4 Å². The third-order valence-electron chi connectivity index (χ3n) is 11.3. The summed E-state index contributed by atoms with van der Waals surface area (Å²) in [6.45, 7) is 5.45. The molecule has 15 nitrogen and oxygen atoms in total. The van der Waals surface area contributed by atoms with Crippen LogP contribution in [-0.4, -0.2) is 92.8 Å². The number of ketones is 1. The molecule has 4 heterocycles. The number of carbonyl (C=O) groups is 4. The Bertz CT molecular complexity index is 2180. The molecule has 3 N–H and O–H groups in total. The van der Waals surface area contributed by atoms with Gasteiger partial charge in [-0.1, -0.05) is 25.0 Å². The number of pyridine rings is 1. The Balaban J connectivity index is 1.23. The first kappa shape index (κ1) is 39.3. The number of Topliss-reactive ketones (excluding diaryl/α,β-unsaturated/α-hetero) is 1. The van der Waals surface area contributed by atoms with Crippen molar-refractivity contribution in [1.29, 1.82) is 0 Å². The van der Waals surface area contributed by atoms with Gasteiger partial charge in [-0.15, -0.1) is 0 Å². The molecule has 16 heteroatoms. The van der Waals surface area contributed by atoms with Crippen molar-refractivity contribution >= 4 is 44.4 Å². The highest BCUT2D eigenvalue weighted by Gasteiger charge is 2.61. The van der Waals surface area contributed by atoms with E-state index in [1.807, 2.05) is 26.0 Å². The zero-order valence-corrected chi connectivity index (χ0v) is 33.0. The first-order valence-corrected chi connectivity index (χ1v) is 21.0. The lowest BCUT2D eigenvalue weighted by Crippen LogP contribution is -2.52. The fraction of sp³-hybridized carbons (Fsp3) is 0.550. The van der Waals surface area contributed by atoms with Crippen molar-refractivity contribution in [3.8, 4) is 17.4 Å².